The van der Waals surface area contributed by atoms with Gasteiger partial charge >= 0.3 is 0 Å². The van der Waals surface area contributed by atoms with E-state index in [0.717, 1.165) is 24.2 Å². The molecule has 0 spiro atoms. The van der Waals surface area contributed by atoms with Gasteiger partial charge in [0.25, 0.3) is 5.91 Å². The quantitative estimate of drug-likeness (QED) is 0.748. The number of amides is 1. The number of rotatable bonds is 7. The SMILES string of the molecule is C[S@](=O)Cc1cccc(C(=O)NC[C@H](c2ccccc2Cl)N2CCOCC2)c1. The largest absolute Gasteiger partial charge is 0.379 e. The van der Waals surface area contributed by atoms with Gasteiger partial charge in [0.05, 0.1) is 19.3 Å². The van der Waals surface area contributed by atoms with Crippen molar-refractivity contribution in [1.29, 1.82) is 0 Å². The molecular formula is C21H25ClN2O3S. The Bertz CT molecular complexity index is 840. The zero-order valence-electron chi connectivity index (χ0n) is 15.9. The van der Waals surface area contributed by atoms with Crippen LogP contribution in [0.1, 0.15) is 27.5 Å². The molecule has 5 nitrogen and oxygen atoms in total. The van der Waals surface area contributed by atoms with Gasteiger partial charge in [0.15, 0.2) is 0 Å². The topological polar surface area (TPSA) is 58.6 Å². The lowest BCUT2D eigenvalue weighted by Gasteiger charge is -2.35. The van der Waals surface area contributed by atoms with Crippen LogP contribution in [0.25, 0.3) is 0 Å². The molecule has 0 aromatic heterocycles. The van der Waals surface area contributed by atoms with Crippen molar-refractivity contribution in [2.45, 2.75) is 11.8 Å². The normalized spacial score (nSPS) is 17.1. The summed E-state index contributed by atoms with van der Waals surface area (Å²) in [6, 6.07) is 15.0. The van der Waals surface area contributed by atoms with Crippen LogP contribution in [-0.4, -0.2) is 54.1 Å². The molecule has 1 heterocycles. The van der Waals surface area contributed by atoms with E-state index < -0.39 is 10.8 Å². The average molecular weight is 421 g/mol. The van der Waals surface area contributed by atoms with Gasteiger partial charge in [-0.1, -0.05) is 41.9 Å². The van der Waals surface area contributed by atoms with Crippen molar-refractivity contribution in [1.82, 2.24) is 10.2 Å². The lowest BCUT2D eigenvalue weighted by atomic mass is 10.0. The van der Waals surface area contributed by atoms with Crippen LogP contribution in [0.15, 0.2) is 48.5 Å². The number of benzene rings is 2. The molecule has 28 heavy (non-hydrogen) atoms. The third kappa shape index (κ3) is 5.64. The predicted octanol–water partition coefficient (Wildman–Crippen LogP) is 3.02. The number of nitrogens with zero attached hydrogens (tertiary/aromatic N) is 1. The minimum absolute atomic E-state index is 0.0205. The molecule has 0 saturated carbocycles. The van der Waals surface area contributed by atoms with Crippen LogP contribution in [0.5, 0.6) is 0 Å². The minimum Gasteiger partial charge on any atom is -0.379 e. The highest BCUT2D eigenvalue weighted by Gasteiger charge is 2.25. The van der Waals surface area contributed by atoms with E-state index in [9.17, 15) is 9.00 Å². The zero-order chi connectivity index (χ0) is 19.9. The predicted molar refractivity (Wildman–Crippen MR) is 113 cm³/mol. The number of carbonyl (C=O) groups is 1. The Labute approximate surface area is 173 Å². The van der Waals surface area contributed by atoms with Gasteiger partial charge in [0.1, 0.15) is 0 Å². The van der Waals surface area contributed by atoms with Crippen molar-refractivity contribution in [2.24, 2.45) is 0 Å². The molecule has 1 aliphatic heterocycles. The zero-order valence-corrected chi connectivity index (χ0v) is 17.5. The maximum atomic E-state index is 12.7. The first-order valence-electron chi connectivity index (χ1n) is 9.28. The molecule has 2 atom stereocenters. The van der Waals surface area contributed by atoms with Gasteiger partial charge in [-0.05, 0) is 29.3 Å². The molecule has 3 rings (SSSR count). The second-order valence-electron chi connectivity index (χ2n) is 6.81. The van der Waals surface area contributed by atoms with Crippen molar-refractivity contribution >= 4 is 28.3 Å². The van der Waals surface area contributed by atoms with Gasteiger partial charge in [-0.15, -0.1) is 0 Å². The maximum Gasteiger partial charge on any atom is 0.251 e. The highest BCUT2D eigenvalue weighted by atomic mass is 35.5. The van der Waals surface area contributed by atoms with Gasteiger partial charge in [-0.3, -0.25) is 13.9 Å². The van der Waals surface area contributed by atoms with Crippen molar-refractivity contribution < 1.29 is 13.7 Å². The summed E-state index contributed by atoms with van der Waals surface area (Å²) in [6.45, 7) is 3.38. The molecule has 1 saturated heterocycles. The fourth-order valence-electron chi connectivity index (χ4n) is 3.40. The number of nitrogens with one attached hydrogen (secondary N) is 1. The highest BCUT2D eigenvalue weighted by molar-refractivity contribution is 7.83. The van der Waals surface area contributed by atoms with Gasteiger partial charge < -0.3 is 10.1 Å². The molecule has 7 heteroatoms. The monoisotopic (exact) mass is 420 g/mol. The molecule has 2 aromatic rings. The fourth-order valence-corrected chi connectivity index (χ4v) is 4.31. The fraction of sp³-hybridized carbons (Fsp3) is 0.381. The first-order chi connectivity index (χ1) is 13.5. The molecule has 0 radical (unpaired) electrons. The van der Waals surface area contributed by atoms with E-state index in [1.165, 1.54) is 0 Å². The van der Waals surface area contributed by atoms with Crippen LogP contribution in [-0.2, 0) is 21.3 Å². The number of ether oxygens (including phenoxy) is 1. The summed E-state index contributed by atoms with van der Waals surface area (Å²) in [5, 5.41) is 3.74. The number of halogens is 1. The molecule has 1 amide bonds. The standard InChI is InChI=1S/C21H25ClN2O3S/c1-28(26)15-16-5-4-6-17(13-16)21(25)23-14-20(24-9-11-27-12-10-24)18-7-2-3-8-19(18)22/h2-8,13,20H,9-12,14-15H2,1H3,(H,23,25)/t20-,28+/m1/s1. The second-order valence-corrected chi connectivity index (χ2v) is 8.66. The molecule has 1 fully saturated rings. The smallest absolute Gasteiger partial charge is 0.251 e. The summed E-state index contributed by atoms with van der Waals surface area (Å²) in [6.07, 6.45) is 1.66. The highest BCUT2D eigenvalue weighted by Crippen LogP contribution is 2.27. The molecule has 1 N–H and O–H groups in total. The Kier molecular flexibility index (Phi) is 7.62. The number of hydrogen-bond acceptors (Lipinski definition) is 4. The first-order valence-corrected chi connectivity index (χ1v) is 11.4. The van der Waals surface area contributed by atoms with Crippen molar-refractivity contribution in [3.63, 3.8) is 0 Å². The van der Waals surface area contributed by atoms with Crippen LogP contribution in [0.4, 0.5) is 0 Å². The molecule has 2 aromatic carbocycles. The summed E-state index contributed by atoms with van der Waals surface area (Å²) >= 11 is 6.44. The van der Waals surface area contributed by atoms with Gasteiger partial charge in [0, 0.05) is 53.0 Å². The molecule has 150 valence electrons. The number of hydrogen-bond donors (Lipinski definition) is 1. The average Bonchev–Trinajstić information content (AvgIpc) is 2.70. The van der Waals surface area contributed by atoms with Crippen LogP contribution in [0.2, 0.25) is 5.02 Å². The third-order valence-electron chi connectivity index (χ3n) is 4.77. The first kappa shape index (κ1) is 21.0. The number of carbonyl (C=O) groups excluding carboxylic acids is 1. The van der Waals surface area contributed by atoms with E-state index in [4.69, 9.17) is 16.3 Å². The molecule has 0 bridgehead atoms. The van der Waals surface area contributed by atoms with Crippen LogP contribution < -0.4 is 5.32 Å². The Balaban J connectivity index is 1.73. The number of morpholine rings is 1. The summed E-state index contributed by atoms with van der Waals surface area (Å²) in [4.78, 5) is 15.0. The van der Waals surface area contributed by atoms with Crippen LogP contribution >= 0.6 is 11.6 Å². The van der Waals surface area contributed by atoms with E-state index in [2.05, 4.69) is 10.2 Å². The lowest BCUT2D eigenvalue weighted by Crippen LogP contribution is -2.44. The van der Waals surface area contributed by atoms with Gasteiger partial charge in [-0.25, -0.2) is 0 Å². The molecule has 1 aliphatic rings. The Morgan fingerprint density at radius 3 is 2.68 bits per heavy atom. The summed E-state index contributed by atoms with van der Waals surface area (Å²) < 4.78 is 16.9. The Hall–Kier alpha value is -1.73. The molecule has 0 aliphatic carbocycles. The van der Waals surface area contributed by atoms with Crippen molar-refractivity contribution in [2.75, 3.05) is 39.1 Å². The van der Waals surface area contributed by atoms with E-state index in [0.29, 0.717) is 36.1 Å². The lowest BCUT2D eigenvalue weighted by molar-refractivity contribution is 0.0162. The summed E-state index contributed by atoms with van der Waals surface area (Å²) in [7, 11) is -0.945. The van der Waals surface area contributed by atoms with Gasteiger partial charge in [-0.2, -0.15) is 0 Å². The van der Waals surface area contributed by atoms with Crippen LogP contribution in [0.3, 0.4) is 0 Å². The molecular weight excluding hydrogens is 396 g/mol. The van der Waals surface area contributed by atoms with Crippen molar-refractivity contribution in [3.05, 3.63) is 70.2 Å². The van der Waals surface area contributed by atoms with E-state index in [-0.39, 0.29) is 11.9 Å². The van der Waals surface area contributed by atoms with E-state index in [1.54, 1.807) is 18.4 Å². The Morgan fingerprint density at radius 2 is 1.96 bits per heavy atom. The van der Waals surface area contributed by atoms with Gasteiger partial charge in [0.2, 0.25) is 0 Å². The molecule has 0 unspecified atom stereocenters. The second kappa shape index (κ2) is 10.2. The Morgan fingerprint density at radius 1 is 1.21 bits per heavy atom. The van der Waals surface area contributed by atoms with Crippen molar-refractivity contribution in [3.8, 4) is 0 Å². The summed E-state index contributed by atoms with van der Waals surface area (Å²) in [5.41, 5.74) is 2.47. The summed E-state index contributed by atoms with van der Waals surface area (Å²) in [5.74, 6) is 0.297. The third-order valence-corrected chi connectivity index (χ3v) is 5.85. The van der Waals surface area contributed by atoms with E-state index >= 15 is 0 Å². The van der Waals surface area contributed by atoms with E-state index in [1.807, 2.05) is 36.4 Å². The minimum atomic E-state index is -0.945. The van der Waals surface area contributed by atoms with Crippen LogP contribution in [0, 0.1) is 0 Å². The maximum absolute atomic E-state index is 12.7.